The van der Waals surface area contributed by atoms with E-state index in [9.17, 15) is 23.7 Å². The number of anilines is 2. The van der Waals surface area contributed by atoms with Crippen LogP contribution in [0.4, 0.5) is 25.8 Å². The molecule has 5 aliphatic rings. The van der Waals surface area contributed by atoms with E-state index in [2.05, 4.69) is 127 Å². The molecule has 1 amide bonds. The number of aromatic nitrogens is 21. The summed E-state index contributed by atoms with van der Waals surface area (Å²) >= 11 is 0. The molecule has 0 unspecified atom stereocenters. The van der Waals surface area contributed by atoms with Crippen molar-refractivity contribution in [2.24, 2.45) is 0 Å². The molecule has 134 heavy (non-hydrogen) atoms. The lowest BCUT2D eigenvalue weighted by atomic mass is 9.85. The summed E-state index contributed by atoms with van der Waals surface area (Å²) in [5.41, 5.74) is 42.9. The SMILES string of the molecule is COc1cc(-c2n[nH]c3ccc4nc(-c5cn[nH]c5C)c5c(c4c23)CCCC5)cc(C)c1C.Cc1[nH]ncc1NC(=O)c1nc2ccc3[nH]ncc3c2c2c1CCCC2.Nc1ccc(-c2nc3ccc4[nH]ncc4c3c3c2CCCC3)cc1F.O=[N+]([O-])c1ccc(-c2nc3ccc4[nH]ncc4c3c3c2CCCC3)cc1F.[2H]c1cc2[nH]ncc2c2c3c(c(-c4cn[nH]c4C)nc12)CCCC3. The van der Waals surface area contributed by atoms with Crippen molar-refractivity contribution in [3.05, 3.63) is 264 Å². The van der Waals surface area contributed by atoms with Crippen LogP contribution in [0.15, 0.2) is 153 Å². The van der Waals surface area contributed by atoms with Crippen LogP contribution in [0.5, 0.6) is 5.75 Å². The Morgan fingerprint density at radius 2 is 0.806 bits per heavy atom. The van der Waals surface area contributed by atoms with Crippen LogP contribution < -0.4 is 15.8 Å². The number of H-pyrrole nitrogens is 8. The van der Waals surface area contributed by atoms with Crippen LogP contribution in [-0.2, 0) is 64.2 Å². The third kappa shape index (κ3) is 14.7. The van der Waals surface area contributed by atoms with Crippen molar-refractivity contribution in [3.63, 3.8) is 0 Å². The molecular formula is C104H94F2N24O4. The van der Waals surface area contributed by atoms with Crippen molar-refractivity contribution in [2.45, 2.75) is 163 Å². The van der Waals surface area contributed by atoms with Crippen LogP contribution in [0.25, 0.3) is 165 Å². The van der Waals surface area contributed by atoms with Gasteiger partial charge < -0.3 is 15.8 Å². The van der Waals surface area contributed by atoms with E-state index in [4.69, 9.17) is 41.9 Å². The van der Waals surface area contributed by atoms with Crippen molar-refractivity contribution in [1.82, 2.24) is 106 Å². The number of nitrogens with one attached hydrogen (secondary N) is 9. The molecule has 0 saturated carbocycles. The predicted octanol–water partition coefficient (Wildman–Crippen LogP) is 22.0. The Balaban J connectivity index is 0.0000000984. The average molecular weight is 1780 g/mol. The van der Waals surface area contributed by atoms with Gasteiger partial charge in [-0.05, 0) is 327 Å². The van der Waals surface area contributed by atoms with Gasteiger partial charge in [0.25, 0.3) is 5.91 Å². The third-order valence-electron chi connectivity index (χ3n) is 27.7. The molecule has 0 spiro atoms. The second-order valence-electron chi connectivity index (χ2n) is 35.6. The number of rotatable bonds is 9. The highest BCUT2D eigenvalue weighted by Gasteiger charge is 2.31. The predicted molar refractivity (Wildman–Crippen MR) is 519 cm³/mol. The molecule has 0 saturated heterocycles. The molecule has 5 aliphatic carbocycles. The molecule has 30 heteroatoms. The molecular weight excluding hydrogens is 1690 g/mol. The summed E-state index contributed by atoms with van der Waals surface area (Å²) in [6, 6.07) is 31.6. The smallest absolute Gasteiger partial charge is 0.304 e. The fourth-order valence-corrected chi connectivity index (χ4v) is 21.0. The Kier molecular flexibility index (Phi) is 21.2. The van der Waals surface area contributed by atoms with Gasteiger partial charge in [-0.25, -0.2) is 29.3 Å². The quantitative estimate of drug-likeness (QED) is 0.0364. The van der Waals surface area contributed by atoms with Gasteiger partial charge in [0.2, 0.25) is 5.82 Å². The Bertz CT molecular complexity index is 8400. The van der Waals surface area contributed by atoms with Crippen molar-refractivity contribution >= 4 is 132 Å². The fourth-order valence-electron chi connectivity index (χ4n) is 21.0. The highest BCUT2D eigenvalue weighted by molar-refractivity contribution is 6.16. The van der Waals surface area contributed by atoms with Gasteiger partial charge in [-0.3, -0.25) is 55.7 Å². The number of nitrogens with two attached hydrogens (primary N) is 1. The van der Waals surface area contributed by atoms with E-state index < -0.39 is 22.2 Å². The van der Waals surface area contributed by atoms with Crippen LogP contribution in [0, 0.1) is 56.4 Å². The number of nitro groups is 1. The molecule has 21 aromatic rings. The number of hydrogen-bond acceptors (Lipinski definition) is 18. The molecule has 0 atom stereocenters. The van der Waals surface area contributed by atoms with Crippen molar-refractivity contribution in [2.75, 3.05) is 18.2 Å². The lowest BCUT2D eigenvalue weighted by Crippen LogP contribution is -2.20. The topological polar surface area (TPSA) is 401 Å². The molecule has 0 aliphatic heterocycles. The molecule has 11 N–H and O–H groups in total. The lowest BCUT2D eigenvalue weighted by molar-refractivity contribution is -0.387. The van der Waals surface area contributed by atoms with Gasteiger partial charge in [-0.15, -0.1) is 0 Å². The number of ether oxygens (including phenoxy) is 1. The largest absolute Gasteiger partial charge is 0.496 e. The summed E-state index contributed by atoms with van der Waals surface area (Å²) in [5, 5.41) is 83.2. The second-order valence-corrected chi connectivity index (χ2v) is 35.6. The minimum Gasteiger partial charge on any atom is -0.496 e. The number of aromatic amines is 8. The Hall–Kier alpha value is -15.9. The second kappa shape index (κ2) is 34.4. The van der Waals surface area contributed by atoms with E-state index in [1.165, 1.54) is 105 Å². The number of nitrogen functional groups attached to an aromatic ring is 1. The van der Waals surface area contributed by atoms with Gasteiger partial charge in [0.1, 0.15) is 23.0 Å². The van der Waals surface area contributed by atoms with Gasteiger partial charge in [0.05, 0.1) is 152 Å². The van der Waals surface area contributed by atoms with Gasteiger partial charge in [0, 0.05) is 99.1 Å². The number of halogens is 2. The van der Waals surface area contributed by atoms with Crippen LogP contribution in [0.2, 0.25) is 0 Å². The van der Waals surface area contributed by atoms with Gasteiger partial charge in [-0.1, -0.05) is 6.07 Å². The van der Waals surface area contributed by atoms with E-state index in [0.29, 0.717) is 28.7 Å². The maximum Gasteiger partial charge on any atom is 0.304 e. The van der Waals surface area contributed by atoms with Crippen molar-refractivity contribution in [3.8, 4) is 62.0 Å². The first-order valence-electron chi connectivity index (χ1n) is 46.3. The molecule has 13 heterocycles. The first kappa shape index (κ1) is 82.5. The number of nitrogens with zero attached hydrogens (tertiary/aromatic N) is 14. The fraction of sp³-hybridized carbons (Fsp3) is 0.250. The Labute approximate surface area is 765 Å². The zero-order valence-corrected chi connectivity index (χ0v) is 74.7. The van der Waals surface area contributed by atoms with E-state index in [1.807, 2.05) is 99.6 Å². The van der Waals surface area contributed by atoms with Crippen LogP contribution in [0.3, 0.4) is 0 Å². The van der Waals surface area contributed by atoms with Gasteiger partial charge in [-0.2, -0.15) is 45.2 Å². The first-order chi connectivity index (χ1) is 65.9. The standard InChI is InChI=1S/C27H27N5O.C20H15FN4O2.C20H17FN4.C19H18N6O.C18H17N5/c1-14-11-17(12-23(33-4)15(14)2)26-25-22(31-32-26)10-9-21-24(25)18-7-5-6-8-19(18)27(29-21)20-13-28-30-16(20)3;21-15-9-11(5-8-18(15)25(26)27)20-13-4-2-1-3-12(13)19-14-10-22-24-16(14)6-7-17(19)23-20;21-15-9-11(5-6-16(15)22)20-13-4-2-1-3-12(13)19-14-10-23-25-17(14)7-8-18(19)24-20;1-10-16(9-21-24-10)23-19(26)18-12-5-3-2-4-11(12)17-13-8-20-25-14(13)6-7-15(17)22-18;1-10-13(8-19-22-10)18-12-5-3-2-4-11(12)17-14-9-20-23-15(14)6-7-16(17)21-18/h9-13H,5-8H2,1-4H3,(H,28,30)(H,31,32);5-10H,1-4H2,(H,22,24);5-10H,1-4,22H2,(H,23,25);6-9H,2-5H2,1H3,(H,20,25)(H,21,24)(H,23,26);6-9H,2-5H2,1H3,(H,19,22)(H,20,23)/i;;;;7D. The molecule has 668 valence electrons. The van der Waals surface area contributed by atoms with Crippen LogP contribution >= 0.6 is 0 Å². The number of methoxy groups -OCH3 is 1. The summed E-state index contributed by atoms with van der Waals surface area (Å²) in [7, 11) is 1.73. The monoisotopic (exact) mass is 1780 g/mol. The maximum atomic E-state index is 14.2. The number of fused-ring (bicyclic) bond motifs is 25. The van der Waals surface area contributed by atoms with E-state index in [0.717, 1.165) is 286 Å². The number of benzene rings is 8. The summed E-state index contributed by atoms with van der Waals surface area (Å²) in [4.78, 5) is 47.8. The minimum absolute atomic E-state index is 0.165. The average Bonchev–Trinajstić information content (AvgIpc) is 1.71. The number of carbonyl (C=O) groups excluding carboxylic acids is 1. The van der Waals surface area contributed by atoms with E-state index >= 15 is 0 Å². The molecule has 0 fully saturated rings. The molecule has 0 radical (unpaired) electrons. The molecule has 28 nitrogen and oxygen atoms in total. The zero-order chi connectivity index (χ0) is 92.1. The molecule has 8 aromatic carbocycles. The number of aryl methyl sites for hydroxylation is 9. The van der Waals surface area contributed by atoms with Crippen molar-refractivity contribution < 1.29 is 24.6 Å². The Morgan fingerprint density at radius 3 is 1.28 bits per heavy atom. The number of amides is 1. The first-order valence-corrected chi connectivity index (χ1v) is 45.8. The maximum absolute atomic E-state index is 14.2. The summed E-state index contributed by atoms with van der Waals surface area (Å²) < 4.78 is 42.3. The van der Waals surface area contributed by atoms with Crippen LogP contribution in [0.1, 0.15) is 160 Å². The third-order valence-corrected chi connectivity index (χ3v) is 27.7. The van der Waals surface area contributed by atoms with E-state index in [-0.39, 0.29) is 11.6 Å². The lowest BCUT2D eigenvalue weighted by Gasteiger charge is -2.22. The number of pyridine rings is 5. The zero-order valence-electron chi connectivity index (χ0n) is 75.7. The van der Waals surface area contributed by atoms with E-state index in [1.54, 1.807) is 25.4 Å². The highest BCUT2D eigenvalue weighted by Crippen LogP contribution is 2.47. The summed E-state index contributed by atoms with van der Waals surface area (Å²) in [5.74, 6) is -0.524. The van der Waals surface area contributed by atoms with Crippen molar-refractivity contribution in [1.29, 1.82) is 0 Å². The Morgan fingerprint density at radius 1 is 0.403 bits per heavy atom. The highest BCUT2D eigenvalue weighted by atomic mass is 19.1. The van der Waals surface area contributed by atoms with Gasteiger partial charge in [0.15, 0.2) is 0 Å². The summed E-state index contributed by atoms with van der Waals surface area (Å²) in [6.07, 6.45) is 33.9. The number of nitro benzene ring substituents is 1. The summed E-state index contributed by atoms with van der Waals surface area (Å²) in [6.45, 7) is 10.2. The minimum atomic E-state index is -0.839. The van der Waals surface area contributed by atoms with Crippen LogP contribution in [-0.4, -0.2) is 124 Å². The molecule has 0 bridgehead atoms. The normalized spacial score (nSPS) is 14.0. The van der Waals surface area contributed by atoms with Gasteiger partial charge >= 0.3 is 5.69 Å². The number of carbonyl (C=O) groups is 1. The molecule has 26 rings (SSSR count). The number of hydrogen-bond donors (Lipinski definition) is 10. The molecule has 13 aromatic heterocycles.